The van der Waals surface area contributed by atoms with Crippen molar-refractivity contribution in [3.05, 3.63) is 89.5 Å². The molecule has 0 aliphatic heterocycles. The molecule has 0 unspecified atom stereocenters. The average Bonchev–Trinajstić information content (AvgIpc) is 2.97. The normalized spacial score (nSPS) is 11.5. The summed E-state index contributed by atoms with van der Waals surface area (Å²) in [5, 5.41) is 33.1. The Morgan fingerprint density at radius 1 is 0.436 bits per heavy atom. The van der Waals surface area contributed by atoms with E-state index in [9.17, 15) is 15.3 Å². The Kier molecular flexibility index (Phi) is 8.43. The van der Waals surface area contributed by atoms with Crippen LogP contribution in [0.3, 0.4) is 0 Å². The molecule has 0 spiro atoms. The van der Waals surface area contributed by atoms with Gasteiger partial charge in [-0.2, -0.15) is 0 Å². The predicted octanol–water partition coefficient (Wildman–Crippen LogP) is 6.08. The molecule has 0 fully saturated rings. The first-order chi connectivity index (χ1) is 18.9. The van der Waals surface area contributed by atoms with Gasteiger partial charge in [-0.1, -0.05) is 0 Å². The van der Waals surface area contributed by atoms with Crippen molar-refractivity contribution in [1.82, 2.24) is 0 Å². The first-order valence-electron chi connectivity index (χ1n) is 11.8. The summed E-state index contributed by atoms with van der Waals surface area (Å²) >= 11 is 0. The molecule has 0 radical (unpaired) electrons. The van der Waals surface area contributed by atoms with Crippen molar-refractivity contribution in [2.24, 2.45) is 15.0 Å². The van der Waals surface area contributed by atoms with E-state index in [1.807, 2.05) is 0 Å². The SMILES string of the molecule is COc1ccc(N=Cc2c(O)c(C=Nc3ccc(OC)cc3)c(O)c(C=Nc3ccc(OC)cc3)c2O)cc1. The summed E-state index contributed by atoms with van der Waals surface area (Å²) in [7, 11) is 4.69. The van der Waals surface area contributed by atoms with E-state index in [1.165, 1.54) is 18.6 Å². The largest absolute Gasteiger partial charge is 0.506 e. The van der Waals surface area contributed by atoms with Crippen LogP contribution in [0.15, 0.2) is 87.8 Å². The third-order valence-electron chi connectivity index (χ3n) is 5.78. The van der Waals surface area contributed by atoms with E-state index in [0.717, 1.165) is 0 Å². The third kappa shape index (κ3) is 6.34. The molecule has 9 heteroatoms. The highest BCUT2D eigenvalue weighted by Crippen LogP contribution is 2.40. The Morgan fingerprint density at radius 3 is 0.872 bits per heavy atom. The molecule has 0 aromatic heterocycles. The van der Waals surface area contributed by atoms with E-state index in [4.69, 9.17) is 14.2 Å². The van der Waals surface area contributed by atoms with Crippen molar-refractivity contribution >= 4 is 35.7 Å². The maximum absolute atomic E-state index is 11.0. The number of aliphatic imine (C=N–C) groups is 3. The fourth-order valence-electron chi connectivity index (χ4n) is 3.56. The van der Waals surface area contributed by atoms with Crippen LogP contribution in [0.2, 0.25) is 0 Å². The van der Waals surface area contributed by atoms with Gasteiger partial charge in [0.25, 0.3) is 0 Å². The number of aromatic hydroxyl groups is 3. The molecular formula is C30H27N3O6. The van der Waals surface area contributed by atoms with Crippen molar-refractivity contribution in [3.63, 3.8) is 0 Å². The molecule has 9 nitrogen and oxygen atoms in total. The summed E-state index contributed by atoms with van der Waals surface area (Å²) in [6.45, 7) is 0. The van der Waals surface area contributed by atoms with E-state index in [1.54, 1.807) is 94.1 Å². The zero-order valence-electron chi connectivity index (χ0n) is 21.6. The van der Waals surface area contributed by atoms with Crippen LogP contribution in [0.25, 0.3) is 0 Å². The Balaban J connectivity index is 1.78. The Bertz CT molecular complexity index is 1310. The van der Waals surface area contributed by atoms with Crippen LogP contribution in [0, 0.1) is 0 Å². The lowest BCUT2D eigenvalue weighted by Gasteiger charge is -2.12. The van der Waals surface area contributed by atoms with Crippen LogP contribution in [-0.4, -0.2) is 55.3 Å². The van der Waals surface area contributed by atoms with Crippen LogP contribution < -0.4 is 14.2 Å². The summed E-state index contributed by atoms with van der Waals surface area (Å²) in [5.41, 5.74) is 1.63. The summed E-state index contributed by atoms with van der Waals surface area (Å²) in [5.74, 6) is 0.790. The molecule has 4 aromatic rings. The number of nitrogens with zero attached hydrogens (tertiary/aromatic N) is 3. The first kappa shape index (κ1) is 26.7. The molecule has 4 aromatic carbocycles. The lowest BCUT2D eigenvalue weighted by atomic mass is 10.0. The molecule has 39 heavy (non-hydrogen) atoms. The molecule has 198 valence electrons. The average molecular weight is 526 g/mol. The Labute approximate surface area is 225 Å². The molecule has 0 saturated heterocycles. The van der Waals surface area contributed by atoms with Crippen molar-refractivity contribution in [2.45, 2.75) is 0 Å². The molecule has 0 atom stereocenters. The molecule has 4 rings (SSSR count). The van der Waals surface area contributed by atoms with Gasteiger partial charge in [0.05, 0.1) is 55.1 Å². The zero-order chi connectivity index (χ0) is 27.8. The number of phenolic OH excluding ortho intramolecular Hbond substituents is 3. The molecule has 0 heterocycles. The number of hydrogen-bond donors (Lipinski definition) is 3. The summed E-state index contributed by atoms with van der Waals surface area (Å²) < 4.78 is 15.5. The Morgan fingerprint density at radius 2 is 0.667 bits per heavy atom. The van der Waals surface area contributed by atoms with Crippen LogP contribution in [0.5, 0.6) is 34.5 Å². The smallest absolute Gasteiger partial charge is 0.140 e. The molecule has 0 aliphatic carbocycles. The van der Waals surface area contributed by atoms with Gasteiger partial charge in [0, 0.05) is 18.6 Å². The van der Waals surface area contributed by atoms with Crippen molar-refractivity contribution in [2.75, 3.05) is 21.3 Å². The summed E-state index contributed by atoms with van der Waals surface area (Å²) in [6.07, 6.45) is 3.92. The van der Waals surface area contributed by atoms with Crippen molar-refractivity contribution in [1.29, 1.82) is 0 Å². The maximum atomic E-state index is 11.0. The zero-order valence-corrected chi connectivity index (χ0v) is 21.6. The van der Waals surface area contributed by atoms with E-state index < -0.39 is 17.2 Å². The second kappa shape index (κ2) is 12.3. The highest BCUT2D eigenvalue weighted by Gasteiger charge is 2.21. The number of benzene rings is 4. The molecule has 3 N–H and O–H groups in total. The second-order valence-electron chi connectivity index (χ2n) is 8.16. The van der Waals surface area contributed by atoms with Crippen LogP contribution in [0.4, 0.5) is 17.1 Å². The minimum absolute atomic E-state index is 0.0176. The van der Waals surface area contributed by atoms with Gasteiger partial charge in [-0.3, -0.25) is 15.0 Å². The van der Waals surface area contributed by atoms with Crippen LogP contribution in [0.1, 0.15) is 16.7 Å². The van der Waals surface area contributed by atoms with Crippen molar-refractivity contribution in [3.8, 4) is 34.5 Å². The standard InChI is InChI=1S/C30H27N3O6/c1-37-22-10-4-19(5-11-22)31-16-25-28(34)26(17-32-20-6-12-23(38-2)13-7-20)30(36)27(29(25)35)18-33-21-8-14-24(39-3)15-9-21/h4-18,34-36H,1-3H3. The molecule has 0 saturated carbocycles. The predicted molar refractivity (Wildman–Crippen MR) is 152 cm³/mol. The van der Waals surface area contributed by atoms with Gasteiger partial charge >= 0.3 is 0 Å². The highest BCUT2D eigenvalue weighted by atomic mass is 16.5. The van der Waals surface area contributed by atoms with Crippen molar-refractivity contribution < 1.29 is 29.5 Å². The van der Waals surface area contributed by atoms with Crippen LogP contribution >= 0.6 is 0 Å². The van der Waals surface area contributed by atoms with E-state index >= 15 is 0 Å². The number of hydrogen-bond acceptors (Lipinski definition) is 9. The highest BCUT2D eigenvalue weighted by molar-refractivity contribution is 6.04. The topological polar surface area (TPSA) is 125 Å². The van der Waals surface area contributed by atoms with Gasteiger partial charge in [0.15, 0.2) is 0 Å². The minimum Gasteiger partial charge on any atom is -0.506 e. The van der Waals surface area contributed by atoms with Gasteiger partial charge < -0.3 is 29.5 Å². The molecular weight excluding hydrogens is 498 g/mol. The van der Waals surface area contributed by atoms with Gasteiger partial charge in [-0.05, 0) is 72.8 Å². The monoisotopic (exact) mass is 525 g/mol. The molecule has 0 amide bonds. The first-order valence-corrected chi connectivity index (χ1v) is 11.8. The van der Waals surface area contributed by atoms with E-state index in [0.29, 0.717) is 34.3 Å². The number of rotatable bonds is 9. The fraction of sp³-hybridized carbons (Fsp3) is 0.100. The van der Waals surface area contributed by atoms with Crippen LogP contribution in [-0.2, 0) is 0 Å². The second-order valence-corrected chi connectivity index (χ2v) is 8.16. The third-order valence-corrected chi connectivity index (χ3v) is 5.78. The van der Waals surface area contributed by atoms with E-state index in [2.05, 4.69) is 15.0 Å². The quantitative estimate of drug-likeness (QED) is 0.227. The number of ether oxygens (including phenoxy) is 3. The maximum Gasteiger partial charge on any atom is 0.140 e. The molecule has 0 bridgehead atoms. The fourth-order valence-corrected chi connectivity index (χ4v) is 3.56. The van der Waals surface area contributed by atoms with Gasteiger partial charge in [-0.15, -0.1) is 0 Å². The van der Waals surface area contributed by atoms with Gasteiger partial charge in [0.1, 0.15) is 34.5 Å². The van der Waals surface area contributed by atoms with Gasteiger partial charge in [0.2, 0.25) is 0 Å². The number of methoxy groups -OCH3 is 3. The molecule has 0 aliphatic rings. The Hall–Kier alpha value is -5.31. The lowest BCUT2D eigenvalue weighted by Crippen LogP contribution is -1.97. The summed E-state index contributed by atoms with van der Waals surface area (Å²) in [6, 6.07) is 20.8. The minimum atomic E-state index is -0.402. The number of phenols is 3. The lowest BCUT2D eigenvalue weighted by molar-refractivity contribution is 0.415. The summed E-state index contributed by atoms with van der Waals surface area (Å²) in [4.78, 5) is 13.1. The van der Waals surface area contributed by atoms with E-state index in [-0.39, 0.29) is 16.7 Å². The van der Waals surface area contributed by atoms with Gasteiger partial charge in [-0.25, -0.2) is 0 Å².